The summed E-state index contributed by atoms with van der Waals surface area (Å²) in [6, 6.07) is 8.04. The van der Waals surface area contributed by atoms with E-state index in [0.29, 0.717) is 39.6 Å². The van der Waals surface area contributed by atoms with Crippen molar-refractivity contribution >= 4 is 22.7 Å². The summed E-state index contributed by atoms with van der Waals surface area (Å²) >= 11 is 0. The summed E-state index contributed by atoms with van der Waals surface area (Å²) in [4.78, 5) is 17.7. The van der Waals surface area contributed by atoms with E-state index in [1.807, 2.05) is 19.9 Å². The molecule has 0 atom stereocenters. The van der Waals surface area contributed by atoms with E-state index in [1.165, 1.54) is 10.7 Å². The van der Waals surface area contributed by atoms with Gasteiger partial charge in [-0.05, 0) is 49.1 Å². The zero-order valence-corrected chi connectivity index (χ0v) is 16.6. The van der Waals surface area contributed by atoms with Gasteiger partial charge in [-0.25, -0.2) is 14.1 Å². The maximum absolute atomic E-state index is 14.6. The molecular formula is C22H20FN5O2. The molecule has 1 aliphatic carbocycles. The van der Waals surface area contributed by atoms with Crippen LogP contribution < -0.4 is 5.32 Å². The Morgan fingerprint density at radius 3 is 2.80 bits per heavy atom. The second kappa shape index (κ2) is 7.05. The normalized spacial score (nSPS) is 13.9. The van der Waals surface area contributed by atoms with Crippen LogP contribution in [0, 0.1) is 5.82 Å². The molecule has 0 saturated heterocycles. The third-order valence-electron chi connectivity index (χ3n) is 5.24. The minimum atomic E-state index is -0.483. The number of nitrogens with zero attached hydrogens (tertiary/aromatic N) is 4. The van der Waals surface area contributed by atoms with Crippen LogP contribution >= 0.6 is 0 Å². The minimum Gasteiger partial charge on any atom is -0.335 e. The first kappa shape index (κ1) is 18.5. The molecule has 0 bridgehead atoms. The number of carbonyl (C=O) groups excluding carboxylic acids is 1. The molecule has 3 heterocycles. The molecule has 0 unspecified atom stereocenters. The minimum absolute atomic E-state index is 0.0668. The molecule has 7 nitrogen and oxygen atoms in total. The Balaban J connectivity index is 1.51. The van der Waals surface area contributed by atoms with Crippen LogP contribution in [0.3, 0.4) is 0 Å². The summed E-state index contributed by atoms with van der Waals surface area (Å²) in [5, 5.41) is 11.6. The Bertz CT molecular complexity index is 1240. The average Bonchev–Trinajstić information content (AvgIpc) is 3.25. The lowest BCUT2D eigenvalue weighted by molar-refractivity contribution is 0.102. The van der Waals surface area contributed by atoms with E-state index in [1.54, 1.807) is 30.6 Å². The molecule has 152 valence electrons. The van der Waals surface area contributed by atoms with Crippen LogP contribution in [0.2, 0.25) is 0 Å². The smallest absolute Gasteiger partial charge is 0.259 e. The topological polar surface area (TPSA) is 85.8 Å². The van der Waals surface area contributed by atoms with Gasteiger partial charge in [0.2, 0.25) is 0 Å². The van der Waals surface area contributed by atoms with Crippen molar-refractivity contribution in [3.05, 3.63) is 65.5 Å². The van der Waals surface area contributed by atoms with Gasteiger partial charge >= 0.3 is 0 Å². The highest BCUT2D eigenvalue weighted by Gasteiger charge is 2.29. The van der Waals surface area contributed by atoms with Gasteiger partial charge in [-0.1, -0.05) is 19.0 Å². The first-order chi connectivity index (χ1) is 14.5. The highest BCUT2D eigenvalue weighted by molar-refractivity contribution is 6.12. The predicted molar refractivity (Wildman–Crippen MR) is 109 cm³/mol. The van der Waals surface area contributed by atoms with Gasteiger partial charge in [0.05, 0.1) is 16.6 Å². The molecule has 1 saturated carbocycles. The van der Waals surface area contributed by atoms with E-state index < -0.39 is 5.82 Å². The number of nitrogens with one attached hydrogen (secondary N) is 1. The molecule has 0 aliphatic heterocycles. The summed E-state index contributed by atoms with van der Waals surface area (Å²) in [5.41, 5.74) is 3.00. The fourth-order valence-electron chi connectivity index (χ4n) is 3.53. The van der Waals surface area contributed by atoms with Gasteiger partial charge in [0.15, 0.2) is 5.82 Å². The quantitative estimate of drug-likeness (QED) is 0.515. The summed E-state index contributed by atoms with van der Waals surface area (Å²) in [5.74, 6) is -0.417. The molecule has 5 rings (SSSR count). The molecule has 8 heteroatoms. The largest absolute Gasteiger partial charge is 0.335 e. The van der Waals surface area contributed by atoms with Crippen LogP contribution in [-0.2, 0) is 0 Å². The second-order valence-electron chi connectivity index (χ2n) is 7.84. The standard InChI is InChI=1S/C22H20FN5O2/c1-12(2)20-19-15(11-17(13-4-5-13)26-22(19)30-27-20)21(29)25-14-6-7-18(16(23)10-14)28-9-3-8-24-28/h3,6-13H,4-5H2,1-2H3,(H,25,29). The lowest BCUT2D eigenvalue weighted by Crippen LogP contribution is -2.14. The Hall–Kier alpha value is -3.55. The predicted octanol–water partition coefficient (Wildman–Crippen LogP) is 4.80. The van der Waals surface area contributed by atoms with Crippen molar-refractivity contribution in [3.63, 3.8) is 0 Å². The fourth-order valence-corrected chi connectivity index (χ4v) is 3.53. The third-order valence-corrected chi connectivity index (χ3v) is 5.24. The van der Waals surface area contributed by atoms with Crippen molar-refractivity contribution in [2.24, 2.45) is 0 Å². The lowest BCUT2D eigenvalue weighted by Gasteiger charge is -2.10. The number of fused-ring (bicyclic) bond motifs is 1. The lowest BCUT2D eigenvalue weighted by atomic mass is 10.0. The molecule has 0 spiro atoms. The SMILES string of the molecule is CC(C)c1noc2nc(C3CC3)cc(C(=O)Nc3ccc(-n4cccn4)c(F)c3)c12. The second-order valence-corrected chi connectivity index (χ2v) is 7.84. The number of amides is 1. The van der Waals surface area contributed by atoms with Crippen LogP contribution in [0.15, 0.2) is 47.2 Å². The van der Waals surface area contributed by atoms with E-state index in [-0.39, 0.29) is 11.8 Å². The summed E-state index contributed by atoms with van der Waals surface area (Å²) in [6.07, 6.45) is 5.32. The monoisotopic (exact) mass is 405 g/mol. The van der Waals surface area contributed by atoms with E-state index in [2.05, 4.69) is 20.6 Å². The Morgan fingerprint density at radius 1 is 1.30 bits per heavy atom. The Kier molecular flexibility index (Phi) is 4.34. The van der Waals surface area contributed by atoms with Crippen LogP contribution in [0.4, 0.5) is 10.1 Å². The molecule has 1 N–H and O–H groups in total. The van der Waals surface area contributed by atoms with Crippen molar-refractivity contribution in [3.8, 4) is 5.69 Å². The molecule has 1 aliphatic rings. The molecule has 1 aromatic carbocycles. The van der Waals surface area contributed by atoms with Gasteiger partial charge < -0.3 is 9.84 Å². The maximum Gasteiger partial charge on any atom is 0.259 e. The number of pyridine rings is 1. The zero-order valence-electron chi connectivity index (χ0n) is 16.6. The number of hydrogen-bond donors (Lipinski definition) is 1. The van der Waals surface area contributed by atoms with E-state index in [0.717, 1.165) is 18.5 Å². The first-order valence-corrected chi connectivity index (χ1v) is 9.92. The molecule has 0 radical (unpaired) electrons. The third kappa shape index (κ3) is 3.24. The Labute approximate surface area is 171 Å². The van der Waals surface area contributed by atoms with Crippen LogP contribution in [0.5, 0.6) is 0 Å². The van der Waals surface area contributed by atoms with E-state index in [4.69, 9.17) is 4.52 Å². The molecule has 30 heavy (non-hydrogen) atoms. The zero-order chi connectivity index (χ0) is 20.8. The highest BCUT2D eigenvalue weighted by Crippen LogP contribution is 2.41. The molecular weight excluding hydrogens is 385 g/mol. The highest BCUT2D eigenvalue weighted by atomic mass is 19.1. The van der Waals surface area contributed by atoms with Crippen LogP contribution in [0.25, 0.3) is 16.8 Å². The van der Waals surface area contributed by atoms with Gasteiger partial charge in [0.25, 0.3) is 11.6 Å². The Morgan fingerprint density at radius 2 is 2.13 bits per heavy atom. The van der Waals surface area contributed by atoms with Gasteiger partial charge in [-0.15, -0.1) is 0 Å². The first-order valence-electron chi connectivity index (χ1n) is 9.92. The van der Waals surface area contributed by atoms with E-state index >= 15 is 0 Å². The van der Waals surface area contributed by atoms with Gasteiger partial charge in [0, 0.05) is 29.7 Å². The van der Waals surface area contributed by atoms with E-state index in [9.17, 15) is 9.18 Å². The number of carbonyl (C=O) groups is 1. The van der Waals surface area contributed by atoms with Crippen molar-refractivity contribution in [2.45, 2.75) is 38.5 Å². The number of halogens is 1. The summed E-state index contributed by atoms with van der Waals surface area (Å²) in [6.45, 7) is 3.97. The van der Waals surface area contributed by atoms with Gasteiger partial charge in [-0.2, -0.15) is 5.10 Å². The molecule has 3 aromatic heterocycles. The van der Waals surface area contributed by atoms with Crippen molar-refractivity contribution < 1.29 is 13.7 Å². The number of rotatable bonds is 5. The number of anilines is 1. The van der Waals surface area contributed by atoms with Crippen molar-refractivity contribution in [1.29, 1.82) is 0 Å². The van der Waals surface area contributed by atoms with Gasteiger partial charge in [0.1, 0.15) is 5.69 Å². The number of benzene rings is 1. The molecule has 4 aromatic rings. The number of aromatic nitrogens is 4. The van der Waals surface area contributed by atoms with Gasteiger partial charge in [-0.3, -0.25) is 4.79 Å². The summed E-state index contributed by atoms with van der Waals surface area (Å²) < 4.78 is 21.4. The van der Waals surface area contributed by atoms with Crippen LogP contribution in [-0.4, -0.2) is 25.8 Å². The number of hydrogen-bond acceptors (Lipinski definition) is 5. The fraction of sp³-hybridized carbons (Fsp3) is 0.273. The molecule has 1 fully saturated rings. The maximum atomic E-state index is 14.6. The van der Waals surface area contributed by atoms with Crippen LogP contribution in [0.1, 0.15) is 60.3 Å². The van der Waals surface area contributed by atoms with Crippen molar-refractivity contribution in [1.82, 2.24) is 19.9 Å². The summed E-state index contributed by atoms with van der Waals surface area (Å²) in [7, 11) is 0. The van der Waals surface area contributed by atoms with Crippen molar-refractivity contribution in [2.75, 3.05) is 5.32 Å². The average molecular weight is 405 g/mol. The molecule has 1 amide bonds.